The Labute approximate surface area is 206 Å². The van der Waals surface area contributed by atoms with Gasteiger partial charge in [0.05, 0.1) is 44.9 Å². The minimum absolute atomic E-state index is 0.0412. The number of hydrogen-bond donors (Lipinski definition) is 2. The second-order valence-corrected chi connectivity index (χ2v) is 8.03. The molecule has 35 heavy (non-hydrogen) atoms. The summed E-state index contributed by atoms with van der Waals surface area (Å²) in [4.78, 5) is 36.8. The molecule has 184 valence electrons. The maximum atomic E-state index is 12.5. The Balaban J connectivity index is 1.56. The molecule has 0 bridgehead atoms. The Hall–Kier alpha value is -4.06. The third kappa shape index (κ3) is 6.29. The van der Waals surface area contributed by atoms with Crippen molar-refractivity contribution in [3.63, 3.8) is 0 Å². The van der Waals surface area contributed by atoms with Crippen molar-refractivity contribution in [2.24, 2.45) is 7.05 Å². The summed E-state index contributed by atoms with van der Waals surface area (Å²) in [6.07, 6.45) is 0. The van der Waals surface area contributed by atoms with Gasteiger partial charge in [0.1, 0.15) is 0 Å². The van der Waals surface area contributed by atoms with Gasteiger partial charge in [-0.15, -0.1) is 10.2 Å². The highest BCUT2D eigenvalue weighted by atomic mass is 32.2. The molecule has 2 N–H and O–H groups in total. The van der Waals surface area contributed by atoms with Crippen LogP contribution in [0.5, 0.6) is 11.5 Å². The third-order valence-electron chi connectivity index (χ3n) is 4.92. The lowest BCUT2D eigenvalue weighted by Crippen LogP contribution is -2.24. The molecule has 0 atom stereocenters. The molecule has 0 saturated heterocycles. The van der Waals surface area contributed by atoms with E-state index in [2.05, 4.69) is 20.8 Å². The Morgan fingerprint density at radius 2 is 1.74 bits per heavy atom. The minimum Gasteiger partial charge on any atom is -0.493 e. The molecule has 0 aliphatic heterocycles. The normalized spacial score (nSPS) is 10.4. The van der Waals surface area contributed by atoms with Crippen molar-refractivity contribution in [3.8, 4) is 11.5 Å². The van der Waals surface area contributed by atoms with Gasteiger partial charge in [-0.05, 0) is 30.3 Å². The Morgan fingerprint density at radius 1 is 1.00 bits per heavy atom. The highest BCUT2D eigenvalue weighted by Crippen LogP contribution is 2.27. The van der Waals surface area contributed by atoms with Crippen LogP contribution in [0.1, 0.15) is 26.5 Å². The number of anilines is 1. The van der Waals surface area contributed by atoms with Crippen LogP contribution in [0.2, 0.25) is 0 Å². The molecule has 0 aliphatic rings. The van der Waals surface area contributed by atoms with Crippen LogP contribution in [-0.4, -0.2) is 59.6 Å². The molecular weight excluding hydrogens is 474 g/mol. The number of esters is 1. The van der Waals surface area contributed by atoms with Crippen LogP contribution in [0, 0.1) is 0 Å². The highest BCUT2D eigenvalue weighted by molar-refractivity contribution is 7.99. The van der Waals surface area contributed by atoms with Crippen LogP contribution < -0.4 is 20.1 Å². The molecule has 2 aromatic carbocycles. The van der Waals surface area contributed by atoms with Gasteiger partial charge in [-0.3, -0.25) is 9.59 Å². The van der Waals surface area contributed by atoms with Gasteiger partial charge < -0.3 is 29.4 Å². The van der Waals surface area contributed by atoms with Gasteiger partial charge in [-0.1, -0.05) is 23.9 Å². The number of carbonyl (C=O) groups is 3. The lowest BCUT2D eigenvalue weighted by atomic mass is 10.2. The van der Waals surface area contributed by atoms with Crippen LogP contribution in [0.25, 0.3) is 0 Å². The number of hydrogen-bond acceptors (Lipinski definition) is 9. The fraction of sp³-hybridized carbons (Fsp3) is 0.261. The zero-order valence-corrected chi connectivity index (χ0v) is 20.5. The van der Waals surface area contributed by atoms with E-state index in [0.717, 1.165) is 0 Å². The number of ether oxygens (including phenoxy) is 3. The maximum absolute atomic E-state index is 12.5. The predicted octanol–water partition coefficient (Wildman–Crippen LogP) is 2.28. The number of carbonyl (C=O) groups excluding carboxylic acids is 3. The topological polar surface area (TPSA) is 134 Å². The molecule has 3 rings (SSSR count). The summed E-state index contributed by atoms with van der Waals surface area (Å²) in [6.45, 7) is 0.135. The first-order valence-corrected chi connectivity index (χ1v) is 11.3. The average Bonchev–Trinajstić information content (AvgIpc) is 3.24. The van der Waals surface area contributed by atoms with E-state index in [1.54, 1.807) is 54.1 Å². The van der Waals surface area contributed by atoms with Crippen LogP contribution in [0.4, 0.5) is 5.69 Å². The molecule has 1 heterocycles. The largest absolute Gasteiger partial charge is 0.493 e. The lowest BCUT2D eigenvalue weighted by Gasteiger charge is -2.10. The fourth-order valence-electron chi connectivity index (χ4n) is 3.06. The molecule has 1 aromatic heterocycles. The number of aromatic nitrogens is 3. The van der Waals surface area contributed by atoms with Gasteiger partial charge in [0.2, 0.25) is 5.91 Å². The van der Waals surface area contributed by atoms with Gasteiger partial charge >= 0.3 is 5.97 Å². The maximum Gasteiger partial charge on any atom is 0.339 e. The number of methoxy groups -OCH3 is 3. The van der Waals surface area contributed by atoms with Crippen LogP contribution in [0.3, 0.4) is 0 Å². The molecule has 0 radical (unpaired) electrons. The third-order valence-corrected chi connectivity index (χ3v) is 5.94. The summed E-state index contributed by atoms with van der Waals surface area (Å²) < 4.78 is 16.8. The number of thioether (sulfide) groups is 1. The van der Waals surface area contributed by atoms with Crippen molar-refractivity contribution < 1.29 is 28.6 Å². The number of nitrogens with zero attached hydrogens (tertiary/aromatic N) is 3. The van der Waals surface area contributed by atoms with Crippen molar-refractivity contribution in [1.82, 2.24) is 20.1 Å². The fourth-order valence-corrected chi connectivity index (χ4v) is 3.79. The first-order valence-electron chi connectivity index (χ1n) is 10.4. The first-order chi connectivity index (χ1) is 16.9. The van der Waals surface area contributed by atoms with Gasteiger partial charge in [-0.25, -0.2) is 4.79 Å². The average molecular weight is 500 g/mol. The van der Waals surface area contributed by atoms with Crippen molar-refractivity contribution in [2.45, 2.75) is 11.7 Å². The number of benzene rings is 2. The smallest absolute Gasteiger partial charge is 0.339 e. The van der Waals surface area contributed by atoms with E-state index in [9.17, 15) is 14.4 Å². The predicted molar refractivity (Wildman–Crippen MR) is 129 cm³/mol. The molecule has 0 unspecified atom stereocenters. The molecule has 12 heteroatoms. The van der Waals surface area contributed by atoms with Crippen LogP contribution >= 0.6 is 11.8 Å². The summed E-state index contributed by atoms with van der Waals surface area (Å²) >= 11 is 1.17. The first kappa shape index (κ1) is 25.6. The number of nitrogens with one attached hydrogen (secondary N) is 2. The lowest BCUT2D eigenvalue weighted by molar-refractivity contribution is -0.113. The molecule has 3 aromatic rings. The van der Waals surface area contributed by atoms with Gasteiger partial charge in [0.25, 0.3) is 5.91 Å². The summed E-state index contributed by atoms with van der Waals surface area (Å²) in [5, 5.41) is 14.2. The van der Waals surface area contributed by atoms with Crippen LogP contribution in [-0.2, 0) is 23.1 Å². The molecule has 0 fully saturated rings. The van der Waals surface area contributed by atoms with Crippen molar-refractivity contribution in [2.75, 3.05) is 32.4 Å². The van der Waals surface area contributed by atoms with E-state index >= 15 is 0 Å². The molecule has 11 nitrogen and oxygen atoms in total. The van der Waals surface area contributed by atoms with Crippen molar-refractivity contribution in [1.29, 1.82) is 0 Å². The molecule has 0 saturated carbocycles. The zero-order chi connectivity index (χ0) is 25.4. The van der Waals surface area contributed by atoms with E-state index in [4.69, 9.17) is 14.2 Å². The van der Waals surface area contributed by atoms with E-state index in [1.807, 2.05) is 0 Å². The number of amides is 2. The van der Waals surface area contributed by atoms with E-state index in [-0.39, 0.29) is 29.7 Å². The Bertz CT molecular complexity index is 1230. The monoisotopic (exact) mass is 499 g/mol. The quantitative estimate of drug-likeness (QED) is 0.318. The zero-order valence-electron chi connectivity index (χ0n) is 19.7. The molecule has 2 amide bonds. The van der Waals surface area contributed by atoms with E-state index < -0.39 is 5.97 Å². The van der Waals surface area contributed by atoms with Gasteiger partial charge in [-0.2, -0.15) is 0 Å². The molecular formula is C23H25N5O6S. The van der Waals surface area contributed by atoms with Crippen molar-refractivity contribution >= 4 is 35.2 Å². The summed E-state index contributed by atoms with van der Waals surface area (Å²) in [5.41, 5.74) is 1.03. The second-order valence-electron chi connectivity index (χ2n) is 7.08. The molecule has 0 spiro atoms. The molecule has 0 aliphatic carbocycles. The van der Waals surface area contributed by atoms with Crippen LogP contribution in [0.15, 0.2) is 47.6 Å². The number of para-hydroxylation sites is 1. The number of rotatable bonds is 10. The van der Waals surface area contributed by atoms with E-state index in [1.165, 1.54) is 33.1 Å². The minimum atomic E-state index is -0.540. The Kier molecular flexibility index (Phi) is 8.68. The second kappa shape index (κ2) is 11.9. The van der Waals surface area contributed by atoms with Crippen molar-refractivity contribution in [3.05, 3.63) is 59.4 Å². The standard InChI is InChI=1S/C23H25N5O6S/c1-28-19(12-24-21(30)14-9-10-17(32-2)18(11-14)33-3)26-27-23(28)35-13-20(29)25-16-8-6-5-7-15(16)22(31)34-4/h5-11H,12-13H2,1-4H3,(H,24,30)(H,25,29). The van der Waals surface area contributed by atoms with Gasteiger partial charge in [0, 0.05) is 12.6 Å². The SMILES string of the molecule is COC(=O)c1ccccc1NC(=O)CSc1nnc(CNC(=O)c2ccc(OC)c(OC)c2)n1C. The van der Waals surface area contributed by atoms with E-state index in [0.29, 0.717) is 33.7 Å². The summed E-state index contributed by atoms with van der Waals surface area (Å²) in [7, 11) is 6.03. The summed E-state index contributed by atoms with van der Waals surface area (Å²) in [5.74, 6) is 0.352. The van der Waals surface area contributed by atoms with Gasteiger partial charge in [0.15, 0.2) is 22.5 Å². The highest BCUT2D eigenvalue weighted by Gasteiger charge is 2.16. The summed E-state index contributed by atoms with van der Waals surface area (Å²) in [6, 6.07) is 11.5. The Morgan fingerprint density at radius 3 is 2.46 bits per heavy atom.